The zero-order valence-electron chi connectivity index (χ0n) is 9.92. The summed E-state index contributed by atoms with van der Waals surface area (Å²) in [6, 6.07) is 5.67. The Bertz CT molecular complexity index is 544. The van der Waals surface area contributed by atoms with Crippen molar-refractivity contribution in [3.05, 3.63) is 28.7 Å². The van der Waals surface area contributed by atoms with Gasteiger partial charge >= 0.3 is 5.97 Å². The molecule has 0 bridgehead atoms. The number of carbonyl (C=O) groups is 1. The Kier molecular flexibility index (Phi) is 4.89. The third-order valence-electron chi connectivity index (χ3n) is 2.61. The first-order valence-electron chi connectivity index (χ1n) is 5.25. The van der Waals surface area contributed by atoms with Crippen LogP contribution in [0.1, 0.15) is 13.8 Å². The Morgan fingerprint density at radius 1 is 1.33 bits per heavy atom. The highest BCUT2D eigenvalue weighted by atomic mass is 79.9. The lowest BCUT2D eigenvalue weighted by Crippen LogP contribution is -2.40. The molecular weight excluding hydrogens is 322 g/mol. The Hall–Kier alpha value is -0.920. The minimum atomic E-state index is -3.73. The molecule has 7 heteroatoms. The summed E-state index contributed by atoms with van der Waals surface area (Å²) >= 11 is 3.15. The molecule has 2 atom stereocenters. The lowest BCUT2D eigenvalue weighted by Gasteiger charge is -2.18. The first-order valence-corrected chi connectivity index (χ1v) is 7.53. The lowest BCUT2D eigenvalue weighted by atomic mass is 10.1. The number of aliphatic carboxylic acids is 1. The highest BCUT2D eigenvalue weighted by Crippen LogP contribution is 2.21. The first kappa shape index (κ1) is 15.1. The monoisotopic (exact) mass is 335 g/mol. The number of benzene rings is 1. The van der Waals surface area contributed by atoms with Crippen LogP contribution < -0.4 is 4.72 Å². The van der Waals surface area contributed by atoms with Crippen molar-refractivity contribution in [3.63, 3.8) is 0 Å². The van der Waals surface area contributed by atoms with Crippen molar-refractivity contribution in [3.8, 4) is 0 Å². The zero-order valence-corrected chi connectivity index (χ0v) is 12.3. The van der Waals surface area contributed by atoms with Crippen LogP contribution in [0.2, 0.25) is 0 Å². The molecule has 0 aromatic heterocycles. The van der Waals surface area contributed by atoms with E-state index in [-0.39, 0.29) is 4.90 Å². The van der Waals surface area contributed by atoms with Crippen LogP contribution in [0.25, 0.3) is 0 Å². The van der Waals surface area contributed by atoms with Crippen LogP contribution in [0, 0.1) is 5.92 Å². The van der Waals surface area contributed by atoms with Gasteiger partial charge in [0.2, 0.25) is 10.0 Å². The molecule has 1 aromatic rings. The second-order valence-corrected chi connectivity index (χ2v) is 6.50. The molecule has 2 N–H and O–H groups in total. The van der Waals surface area contributed by atoms with Gasteiger partial charge in [0.15, 0.2) is 0 Å². The largest absolute Gasteiger partial charge is 0.481 e. The molecule has 0 saturated heterocycles. The van der Waals surface area contributed by atoms with Gasteiger partial charge in [0.1, 0.15) is 0 Å². The molecule has 0 aliphatic heterocycles. The van der Waals surface area contributed by atoms with Crippen molar-refractivity contribution in [2.24, 2.45) is 5.92 Å². The Labute approximate surface area is 114 Å². The van der Waals surface area contributed by atoms with Gasteiger partial charge in [-0.05, 0) is 35.0 Å². The van der Waals surface area contributed by atoms with Gasteiger partial charge in [0.05, 0.1) is 10.8 Å². The number of rotatable bonds is 5. The smallest absolute Gasteiger partial charge is 0.307 e. The van der Waals surface area contributed by atoms with E-state index >= 15 is 0 Å². The van der Waals surface area contributed by atoms with Gasteiger partial charge in [0.25, 0.3) is 0 Å². The lowest BCUT2D eigenvalue weighted by molar-refractivity contribution is -0.141. The molecule has 100 valence electrons. The molecule has 5 nitrogen and oxygen atoms in total. The molecule has 18 heavy (non-hydrogen) atoms. The summed E-state index contributed by atoms with van der Waals surface area (Å²) in [5.74, 6) is -1.85. The van der Waals surface area contributed by atoms with Crippen LogP contribution in [-0.2, 0) is 14.8 Å². The summed E-state index contributed by atoms with van der Waals surface area (Å²) in [5, 5.41) is 8.83. The fraction of sp³-hybridized carbons (Fsp3) is 0.364. The molecule has 0 radical (unpaired) electrons. The van der Waals surface area contributed by atoms with Crippen LogP contribution in [0.3, 0.4) is 0 Å². The molecule has 2 unspecified atom stereocenters. The van der Waals surface area contributed by atoms with Crippen LogP contribution in [0.15, 0.2) is 33.6 Å². The van der Waals surface area contributed by atoms with E-state index in [1.54, 1.807) is 18.2 Å². The second kappa shape index (κ2) is 5.81. The second-order valence-electron chi connectivity index (χ2n) is 3.97. The summed E-state index contributed by atoms with van der Waals surface area (Å²) in [5.41, 5.74) is 0. The van der Waals surface area contributed by atoms with E-state index in [2.05, 4.69) is 20.7 Å². The quantitative estimate of drug-likeness (QED) is 0.859. The zero-order chi connectivity index (χ0) is 13.9. The maximum Gasteiger partial charge on any atom is 0.307 e. The molecule has 0 aliphatic carbocycles. The maximum absolute atomic E-state index is 12.1. The third kappa shape index (κ3) is 3.54. The van der Waals surface area contributed by atoms with E-state index < -0.39 is 28.0 Å². The molecule has 0 aliphatic rings. The number of carboxylic acid groups (broad SMARTS) is 1. The van der Waals surface area contributed by atoms with Gasteiger partial charge in [-0.1, -0.05) is 19.1 Å². The molecule has 1 aromatic carbocycles. The first-order chi connectivity index (χ1) is 8.25. The Balaban J connectivity index is 2.97. The van der Waals surface area contributed by atoms with Crippen molar-refractivity contribution in [2.45, 2.75) is 24.8 Å². The summed E-state index contributed by atoms with van der Waals surface area (Å²) in [7, 11) is -3.73. The van der Waals surface area contributed by atoms with E-state index in [1.165, 1.54) is 19.9 Å². The molecule has 0 amide bonds. The number of carboxylic acids is 1. The van der Waals surface area contributed by atoms with Gasteiger partial charge in [-0.25, -0.2) is 13.1 Å². The Morgan fingerprint density at radius 2 is 1.89 bits per heavy atom. The predicted molar refractivity (Wildman–Crippen MR) is 70.7 cm³/mol. The van der Waals surface area contributed by atoms with Crippen LogP contribution >= 0.6 is 15.9 Å². The molecule has 0 spiro atoms. The average molecular weight is 336 g/mol. The summed E-state index contributed by atoms with van der Waals surface area (Å²) in [6.45, 7) is 2.97. The number of halogens is 1. The predicted octanol–water partition coefficient (Wildman–Crippen LogP) is 1.84. The molecular formula is C11H14BrNO4S. The number of nitrogens with one attached hydrogen (secondary N) is 1. The van der Waals surface area contributed by atoms with Crippen molar-refractivity contribution in [1.82, 2.24) is 4.72 Å². The van der Waals surface area contributed by atoms with E-state index in [0.717, 1.165) is 0 Å². The van der Waals surface area contributed by atoms with Crippen molar-refractivity contribution < 1.29 is 18.3 Å². The number of hydrogen-bond acceptors (Lipinski definition) is 3. The number of hydrogen-bond donors (Lipinski definition) is 2. The SMILES string of the molecule is CC(NS(=O)(=O)c1ccccc1Br)C(C)C(=O)O. The Morgan fingerprint density at radius 3 is 2.39 bits per heavy atom. The fourth-order valence-corrected chi connectivity index (χ4v) is 3.61. The van der Waals surface area contributed by atoms with E-state index in [1.807, 2.05) is 0 Å². The van der Waals surface area contributed by atoms with Crippen LogP contribution in [0.4, 0.5) is 0 Å². The topological polar surface area (TPSA) is 83.5 Å². The summed E-state index contributed by atoms with van der Waals surface area (Å²) < 4.78 is 26.9. The highest BCUT2D eigenvalue weighted by molar-refractivity contribution is 9.10. The van der Waals surface area contributed by atoms with Crippen LogP contribution in [0.5, 0.6) is 0 Å². The van der Waals surface area contributed by atoms with E-state index in [0.29, 0.717) is 4.47 Å². The van der Waals surface area contributed by atoms with Crippen LogP contribution in [-0.4, -0.2) is 25.5 Å². The molecule has 1 rings (SSSR count). The molecule has 0 fully saturated rings. The minimum absolute atomic E-state index is 0.0921. The van der Waals surface area contributed by atoms with E-state index in [9.17, 15) is 13.2 Å². The van der Waals surface area contributed by atoms with Gasteiger partial charge < -0.3 is 5.11 Å². The van der Waals surface area contributed by atoms with Gasteiger partial charge in [0, 0.05) is 10.5 Å². The summed E-state index contributed by atoms with van der Waals surface area (Å²) in [6.07, 6.45) is 0. The van der Waals surface area contributed by atoms with Crippen molar-refractivity contribution in [2.75, 3.05) is 0 Å². The highest BCUT2D eigenvalue weighted by Gasteiger charge is 2.26. The van der Waals surface area contributed by atoms with Gasteiger partial charge in [-0.2, -0.15) is 0 Å². The van der Waals surface area contributed by atoms with E-state index in [4.69, 9.17) is 5.11 Å². The normalized spacial score (nSPS) is 15.1. The average Bonchev–Trinajstić information content (AvgIpc) is 2.27. The van der Waals surface area contributed by atoms with Gasteiger partial charge in [-0.3, -0.25) is 4.79 Å². The maximum atomic E-state index is 12.1. The van der Waals surface area contributed by atoms with Crippen molar-refractivity contribution in [1.29, 1.82) is 0 Å². The van der Waals surface area contributed by atoms with Gasteiger partial charge in [-0.15, -0.1) is 0 Å². The summed E-state index contributed by atoms with van der Waals surface area (Å²) in [4.78, 5) is 10.9. The fourth-order valence-electron chi connectivity index (χ4n) is 1.29. The third-order valence-corrected chi connectivity index (χ3v) is 5.18. The number of sulfonamides is 1. The molecule has 0 heterocycles. The van der Waals surface area contributed by atoms with Crippen molar-refractivity contribution >= 4 is 31.9 Å². The minimum Gasteiger partial charge on any atom is -0.481 e. The standard InChI is InChI=1S/C11H14BrNO4S/c1-7(11(14)15)8(2)13-18(16,17)10-6-4-3-5-9(10)12/h3-8,13H,1-2H3,(H,14,15). The molecule has 0 saturated carbocycles.